The van der Waals surface area contributed by atoms with Crippen LogP contribution in [-0.2, 0) is 21.8 Å². The van der Waals surface area contributed by atoms with Gasteiger partial charge in [-0.15, -0.1) is 11.3 Å². The number of thiazole rings is 1. The predicted molar refractivity (Wildman–Crippen MR) is 47.7 cm³/mol. The monoisotopic (exact) mass is 247 g/mol. The summed E-state index contributed by atoms with van der Waals surface area (Å²) in [6.45, 7) is 0. The number of hydrogen-bond donors (Lipinski definition) is 1. The molecule has 0 saturated carbocycles. The van der Waals surface area contributed by atoms with Crippen molar-refractivity contribution in [3.63, 3.8) is 0 Å². The van der Waals surface area contributed by atoms with E-state index in [0.717, 1.165) is 9.47 Å². The van der Waals surface area contributed by atoms with Crippen LogP contribution in [0.2, 0.25) is 0 Å². The fraction of sp³-hybridized carbons (Fsp3) is 0. The maximum absolute atomic E-state index is 8.38. The third kappa shape index (κ3) is 2.12. The van der Waals surface area contributed by atoms with Gasteiger partial charge in [0, 0.05) is 0 Å². The zero-order valence-electron chi connectivity index (χ0n) is 6.24. The van der Waals surface area contributed by atoms with Crippen LogP contribution in [-0.4, -0.2) is 4.98 Å². The Morgan fingerprint density at radius 3 is 2.67 bits per heavy atom. The summed E-state index contributed by atoms with van der Waals surface area (Å²) in [5, 5.41) is 0. The summed E-state index contributed by atoms with van der Waals surface area (Å²) in [6, 6.07) is 8.11. The molecule has 0 unspecified atom stereocenters. The van der Waals surface area contributed by atoms with Gasteiger partial charge in [-0.05, 0) is 24.4 Å². The predicted octanol–water partition coefficient (Wildman–Crippen LogP) is 2.84. The molecule has 0 aliphatic rings. The Kier molecular flexibility index (Phi) is 3.85. The number of para-hydroxylation sites is 1. The van der Waals surface area contributed by atoms with Crippen molar-refractivity contribution in [1.29, 1.82) is 0 Å². The van der Waals surface area contributed by atoms with E-state index in [1.54, 1.807) is 11.3 Å². The Morgan fingerprint density at radius 2 is 2.00 bits per heavy atom. The average molecular weight is 249 g/mol. The number of aromatic nitrogens is 1. The van der Waals surface area contributed by atoms with Gasteiger partial charge in [-0.25, -0.2) is 0 Å². The molecule has 0 saturated heterocycles. The van der Waals surface area contributed by atoms with Crippen molar-refractivity contribution < 1.29 is 21.8 Å². The minimum atomic E-state index is 0.125. The van der Waals surface area contributed by atoms with Crippen LogP contribution in [0.4, 0.5) is 0 Å². The molecule has 1 N–H and O–H groups in total. The first-order chi connectivity index (χ1) is 5.86. The van der Waals surface area contributed by atoms with Crippen molar-refractivity contribution in [2.75, 3.05) is 0 Å². The summed E-state index contributed by atoms with van der Waals surface area (Å²) in [7, 11) is 0. The van der Waals surface area contributed by atoms with E-state index < -0.39 is 0 Å². The van der Waals surface area contributed by atoms with Crippen LogP contribution in [0, 0.1) is 3.95 Å². The SMILES string of the molecule is S=c1[nH]c2ccccc2s1.[O]=[Zn]. The van der Waals surface area contributed by atoms with Gasteiger partial charge < -0.3 is 4.98 Å². The summed E-state index contributed by atoms with van der Waals surface area (Å²) < 4.78 is 10.5. The number of hydrogen-bond acceptors (Lipinski definition) is 3. The van der Waals surface area contributed by atoms with Crippen molar-refractivity contribution in [3.05, 3.63) is 28.2 Å². The van der Waals surface area contributed by atoms with Crippen LogP contribution in [0.25, 0.3) is 10.2 Å². The number of benzene rings is 1. The molecule has 2 nitrogen and oxygen atoms in total. The summed E-state index contributed by atoms with van der Waals surface area (Å²) in [5.41, 5.74) is 1.14. The minimum absolute atomic E-state index is 0.125. The van der Waals surface area contributed by atoms with E-state index in [9.17, 15) is 0 Å². The van der Waals surface area contributed by atoms with Gasteiger partial charge in [0.25, 0.3) is 0 Å². The van der Waals surface area contributed by atoms with Crippen molar-refractivity contribution in [2.24, 2.45) is 0 Å². The summed E-state index contributed by atoms with van der Waals surface area (Å²) in [4.78, 5) is 3.09. The zero-order chi connectivity index (χ0) is 8.97. The molecular formula is C7H5NOS2Zn. The van der Waals surface area contributed by atoms with Gasteiger partial charge in [0.1, 0.15) is 0 Å². The second-order valence-electron chi connectivity index (χ2n) is 2.01. The van der Waals surface area contributed by atoms with E-state index >= 15 is 0 Å². The number of aromatic amines is 1. The molecule has 0 amide bonds. The van der Waals surface area contributed by atoms with Crippen LogP contribution in [0.1, 0.15) is 0 Å². The van der Waals surface area contributed by atoms with Crippen LogP contribution in [0.3, 0.4) is 0 Å². The summed E-state index contributed by atoms with van der Waals surface area (Å²) in [6.07, 6.45) is 0. The number of rotatable bonds is 0. The van der Waals surface area contributed by atoms with Crippen molar-refractivity contribution in [2.45, 2.75) is 0 Å². The van der Waals surface area contributed by atoms with E-state index in [2.05, 4.69) is 11.1 Å². The molecule has 2 rings (SSSR count). The Balaban J connectivity index is 0.000000336. The Hall–Kier alpha value is -0.247. The molecule has 2 aromatic rings. The van der Waals surface area contributed by atoms with Crippen molar-refractivity contribution >= 4 is 33.8 Å². The fourth-order valence-electron chi connectivity index (χ4n) is 0.894. The molecule has 0 aliphatic carbocycles. The Labute approximate surface area is 88.6 Å². The maximum atomic E-state index is 8.38. The van der Waals surface area contributed by atoms with Gasteiger partial charge in [0.2, 0.25) is 0 Å². The first kappa shape index (κ1) is 9.84. The molecular weight excluding hydrogens is 244 g/mol. The Bertz CT molecular complexity index is 386. The average Bonchev–Trinajstić information content (AvgIpc) is 2.48. The normalized spacial score (nSPS) is 9.17. The van der Waals surface area contributed by atoms with Crippen molar-refractivity contribution in [3.8, 4) is 0 Å². The molecule has 1 aromatic heterocycles. The molecule has 0 fully saturated rings. The van der Waals surface area contributed by atoms with Gasteiger partial charge in [-0.3, -0.25) is 0 Å². The van der Waals surface area contributed by atoms with E-state index in [-0.39, 0.29) is 18.3 Å². The quantitative estimate of drug-likeness (QED) is 0.574. The molecule has 0 atom stereocenters. The first-order valence-corrected chi connectivity index (χ1v) is 5.66. The molecule has 58 valence electrons. The zero-order valence-corrected chi connectivity index (χ0v) is 10.8. The summed E-state index contributed by atoms with van der Waals surface area (Å²) >= 11 is 6.71. The number of H-pyrrole nitrogens is 1. The number of nitrogens with one attached hydrogen (secondary N) is 1. The van der Waals surface area contributed by atoms with E-state index in [1.807, 2.05) is 18.2 Å². The first-order valence-electron chi connectivity index (χ1n) is 3.23. The van der Waals surface area contributed by atoms with Gasteiger partial charge in [0.05, 0.1) is 10.2 Å². The van der Waals surface area contributed by atoms with Gasteiger partial charge >= 0.3 is 21.8 Å². The fourth-order valence-corrected chi connectivity index (χ4v) is 2.01. The molecule has 0 aliphatic heterocycles. The second kappa shape index (κ2) is 4.70. The van der Waals surface area contributed by atoms with Crippen LogP contribution >= 0.6 is 23.6 Å². The van der Waals surface area contributed by atoms with Crippen LogP contribution in [0.15, 0.2) is 24.3 Å². The standard InChI is InChI=1S/C7H5NS2.O.Zn/c9-7-8-5-3-1-2-4-6(5)10-7;;/h1-4H,(H,8,9);;. The van der Waals surface area contributed by atoms with E-state index in [0.29, 0.717) is 0 Å². The van der Waals surface area contributed by atoms with E-state index in [4.69, 9.17) is 15.8 Å². The van der Waals surface area contributed by atoms with Crippen molar-refractivity contribution in [1.82, 2.24) is 4.98 Å². The Morgan fingerprint density at radius 1 is 1.33 bits per heavy atom. The molecule has 0 spiro atoms. The topological polar surface area (TPSA) is 32.9 Å². The van der Waals surface area contributed by atoms with Gasteiger partial charge in [-0.2, -0.15) is 0 Å². The number of fused-ring (bicyclic) bond motifs is 1. The van der Waals surface area contributed by atoms with Crippen LogP contribution in [0.5, 0.6) is 0 Å². The van der Waals surface area contributed by atoms with Gasteiger partial charge in [0.15, 0.2) is 3.95 Å². The molecule has 0 radical (unpaired) electrons. The molecule has 12 heavy (non-hydrogen) atoms. The van der Waals surface area contributed by atoms with Crippen LogP contribution < -0.4 is 0 Å². The molecule has 1 aromatic carbocycles. The second-order valence-corrected chi connectivity index (χ2v) is 3.73. The summed E-state index contributed by atoms with van der Waals surface area (Å²) in [5.74, 6) is 0. The third-order valence-electron chi connectivity index (χ3n) is 1.33. The third-order valence-corrected chi connectivity index (χ3v) is 2.54. The van der Waals surface area contributed by atoms with Gasteiger partial charge in [-0.1, -0.05) is 12.1 Å². The van der Waals surface area contributed by atoms with E-state index in [1.165, 1.54) is 4.70 Å². The molecule has 5 heteroatoms. The molecule has 0 bridgehead atoms. The molecule has 1 heterocycles.